The largest absolute Gasteiger partial charge is 0.385 e. The minimum atomic E-state index is -3.52. The number of hydrogen-bond donors (Lipinski definition) is 0. The predicted octanol–water partition coefficient (Wildman–Crippen LogP) is 3.31. The van der Waals surface area contributed by atoms with Crippen LogP contribution < -0.4 is 0 Å². The summed E-state index contributed by atoms with van der Waals surface area (Å²) >= 11 is 6.08. The molecule has 4 nitrogen and oxygen atoms in total. The van der Waals surface area contributed by atoms with Gasteiger partial charge in [0.15, 0.2) is 0 Å². The van der Waals surface area contributed by atoms with Gasteiger partial charge >= 0.3 is 0 Å². The summed E-state index contributed by atoms with van der Waals surface area (Å²) in [4.78, 5) is 0.213. The lowest BCUT2D eigenvalue weighted by molar-refractivity contribution is 0.172. The number of sulfonamides is 1. The second-order valence-corrected chi connectivity index (χ2v) is 7.60. The number of methoxy groups -OCH3 is 1. The van der Waals surface area contributed by atoms with Crippen molar-refractivity contribution in [1.29, 1.82) is 0 Å². The molecule has 1 aliphatic rings. The molecule has 0 amide bonds. The number of piperidine rings is 1. The summed E-state index contributed by atoms with van der Waals surface area (Å²) in [5.74, 6) is 0. The summed E-state index contributed by atoms with van der Waals surface area (Å²) in [6.07, 6.45) is 4.59. The highest BCUT2D eigenvalue weighted by Gasteiger charge is 2.34. The van der Waals surface area contributed by atoms with Crippen LogP contribution in [-0.2, 0) is 14.8 Å². The van der Waals surface area contributed by atoms with Gasteiger partial charge in [-0.3, -0.25) is 0 Å². The van der Waals surface area contributed by atoms with E-state index in [0.717, 1.165) is 32.1 Å². The van der Waals surface area contributed by atoms with E-state index in [0.29, 0.717) is 18.2 Å². The second-order valence-electron chi connectivity index (χ2n) is 5.33. The van der Waals surface area contributed by atoms with Crippen LogP contribution in [0.5, 0.6) is 0 Å². The zero-order chi connectivity index (χ0) is 15.3. The third-order valence-electron chi connectivity index (χ3n) is 3.88. The van der Waals surface area contributed by atoms with E-state index in [-0.39, 0.29) is 10.9 Å². The van der Waals surface area contributed by atoms with E-state index in [9.17, 15) is 8.42 Å². The molecule has 0 unspecified atom stereocenters. The van der Waals surface area contributed by atoms with Crippen LogP contribution in [0.15, 0.2) is 29.2 Å². The average Bonchev–Trinajstić information content (AvgIpc) is 2.48. The predicted molar refractivity (Wildman–Crippen MR) is 84.1 cm³/mol. The standard InChI is InChI=1S/C15H22ClNO3S/c1-20-12-6-8-13-7-4-5-11-17(13)21(18,19)15-10-3-2-9-14(15)16/h2-3,9-10,13H,4-8,11-12H2,1H3/t13-/m1/s1. The molecule has 1 aliphatic heterocycles. The molecule has 0 saturated carbocycles. The van der Waals surface area contributed by atoms with E-state index in [1.165, 1.54) is 0 Å². The summed E-state index contributed by atoms with van der Waals surface area (Å²) < 4.78 is 32.4. The second kappa shape index (κ2) is 7.58. The minimum absolute atomic E-state index is 0.0511. The molecule has 6 heteroatoms. The van der Waals surface area contributed by atoms with Gasteiger partial charge in [0.2, 0.25) is 10.0 Å². The van der Waals surface area contributed by atoms with Crippen LogP contribution in [0.3, 0.4) is 0 Å². The smallest absolute Gasteiger partial charge is 0.244 e. The Balaban J connectivity index is 2.21. The first-order valence-electron chi connectivity index (χ1n) is 7.32. The van der Waals surface area contributed by atoms with Crippen LogP contribution in [0, 0.1) is 0 Å². The van der Waals surface area contributed by atoms with Crippen molar-refractivity contribution in [1.82, 2.24) is 4.31 Å². The number of halogens is 1. The Labute approximate surface area is 132 Å². The zero-order valence-electron chi connectivity index (χ0n) is 12.3. The van der Waals surface area contributed by atoms with E-state index in [1.807, 2.05) is 0 Å². The first kappa shape index (κ1) is 16.7. The molecular formula is C15H22ClNO3S. The van der Waals surface area contributed by atoms with Crippen LogP contribution in [0.25, 0.3) is 0 Å². The molecule has 118 valence electrons. The van der Waals surface area contributed by atoms with Gasteiger partial charge in [-0.15, -0.1) is 0 Å². The Morgan fingerprint density at radius 1 is 1.33 bits per heavy atom. The van der Waals surface area contributed by atoms with Crippen molar-refractivity contribution in [3.8, 4) is 0 Å². The molecule has 0 radical (unpaired) electrons. The van der Waals surface area contributed by atoms with Crippen molar-refractivity contribution < 1.29 is 13.2 Å². The molecule has 1 fully saturated rings. The summed E-state index contributed by atoms with van der Waals surface area (Å²) in [6, 6.07) is 6.71. The highest BCUT2D eigenvalue weighted by molar-refractivity contribution is 7.89. The van der Waals surface area contributed by atoms with Crippen LogP contribution in [0.4, 0.5) is 0 Å². The Morgan fingerprint density at radius 2 is 2.10 bits per heavy atom. The number of rotatable bonds is 6. The van der Waals surface area contributed by atoms with Crippen molar-refractivity contribution in [2.45, 2.75) is 43.0 Å². The molecule has 1 heterocycles. The number of nitrogens with zero attached hydrogens (tertiary/aromatic N) is 1. The topological polar surface area (TPSA) is 46.6 Å². The number of hydrogen-bond acceptors (Lipinski definition) is 3. The lowest BCUT2D eigenvalue weighted by Gasteiger charge is -2.35. The quantitative estimate of drug-likeness (QED) is 0.751. The Kier molecular flexibility index (Phi) is 6.05. The van der Waals surface area contributed by atoms with Crippen molar-refractivity contribution in [2.75, 3.05) is 20.3 Å². The maximum absolute atomic E-state index is 12.9. The first-order valence-corrected chi connectivity index (χ1v) is 9.14. The molecule has 2 rings (SSSR count). The van der Waals surface area contributed by atoms with Gasteiger partial charge in [0, 0.05) is 26.3 Å². The average molecular weight is 332 g/mol. The van der Waals surface area contributed by atoms with E-state index in [4.69, 9.17) is 16.3 Å². The van der Waals surface area contributed by atoms with E-state index >= 15 is 0 Å². The SMILES string of the molecule is COCCC[C@H]1CCCCN1S(=O)(=O)c1ccccc1Cl. The highest BCUT2D eigenvalue weighted by atomic mass is 35.5. The van der Waals surface area contributed by atoms with E-state index in [2.05, 4.69) is 0 Å². The summed E-state index contributed by atoms with van der Waals surface area (Å²) in [5, 5.41) is 0.290. The fraction of sp³-hybridized carbons (Fsp3) is 0.600. The molecule has 0 bridgehead atoms. The molecule has 0 spiro atoms. The monoisotopic (exact) mass is 331 g/mol. The molecular weight excluding hydrogens is 310 g/mol. The maximum atomic E-state index is 12.9. The maximum Gasteiger partial charge on any atom is 0.244 e. The van der Waals surface area contributed by atoms with Gasteiger partial charge in [-0.25, -0.2) is 8.42 Å². The van der Waals surface area contributed by atoms with E-state index < -0.39 is 10.0 Å². The minimum Gasteiger partial charge on any atom is -0.385 e. The Hall–Kier alpha value is -0.620. The molecule has 1 atom stereocenters. The van der Waals surface area contributed by atoms with Crippen LogP contribution in [0.1, 0.15) is 32.1 Å². The zero-order valence-corrected chi connectivity index (χ0v) is 13.9. The third kappa shape index (κ3) is 3.97. The van der Waals surface area contributed by atoms with Crippen molar-refractivity contribution in [2.24, 2.45) is 0 Å². The number of benzene rings is 1. The Morgan fingerprint density at radius 3 is 2.81 bits per heavy atom. The number of ether oxygens (including phenoxy) is 1. The Bertz CT molecular complexity index is 562. The molecule has 0 N–H and O–H groups in total. The van der Waals surface area contributed by atoms with Crippen molar-refractivity contribution in [3.05, 3.63) is 29.3 Å². The molecule has 0 aliphatic carbocycles. The van der Waals surface area contributed by atoms with Crippen LogP contribution in [0.2, 0.25) is 5.02 Å². The molecule has 1 saturated heterocycles. The normalized spacial score (nSPS) is 20.6. The van der Waals surface area contributed by atoms with Crippen LogP contribution in [-0.4, -0.2) is 39.0 Å². The van der Waals surface area contributed by atoms with Gasteiger partial charge in [0.1, 0.15) is 4.90 Å². The molecule has 21 heavy (non-hydrogen) atoms. The fourth-order valence-electron chi connectivity index (χ4n) is 2.82. The van der Waals surface area contributed by atoms with Gasteiger partial charge in [-0.05, 0) is 37.8 Å². The third-order valence-corrected chi connectivity index (χ3v) is 6.33. The van der Waals surface area contributed by atoms with Crippen molar-refractivity contribution >= 4 is 21.6 Å². The van der Waals surface area contributed by atoms with Gasteiger partial charge in [-0.1, -0.05) is 30.2 Å². The molecule has 0 aromatic heterocycles. The van der Waals surface area contributed by atoms with Gasteiger partial charge < -0.3 is 4.74 Å². The lowest BCUT2D eigenvalue weighted by atomic mass is 10.0. The summed E-state index contributed by atoms with van der Waals surface area (Å²) in [7, 11) is -1.85. The highest BCUT2D eigenvalue weighted by Crippen LogP contribution is 2.30. The van der Waals surface area contributed by atoms with Gasteiger partial charge in [0.25, 0.3) is 0 Å². The molecule has 1 aromatic rings. The fourth-order valence-corrected chi connectivity index (χ4v) is 5.04. The van der Waals surface area contributed by atoms with Gasteiger partial charge in [-0.2, -0.15) is 4.31 Å². The summed E-state index contributed by atoms with van der Waals surface area (Å²) in [6.45, 7) is 1.24. The van der Waals surface area contributed by atoms with Crippen LogP contribution >= 0.6 is 11.6 Å². The van der Waals surface area contributed by atoms with Crippen molar-refractivity contribution in [3.63, 3.8) is 0 Å². The summed E-state index contributed by atoms with van der Waals surface area (Å²) in [5.41, 5.74) is 0. The lowest BCUT2D eigenvalue weighted by Crippen LogP contribution is -2.43. The first-order chi connectivity index (χ1) is 10.1. The van der Waals surface area contributed by atoms with E-state index in [1.54, 1.807) is 35.7 Å². The molecule has 1 aromatic carbocycles. The van der Waals surface area contributed by atoms with Gasteiger partial charge in [0.05, 0.1) is 5.02 Å².